The zero-order valence-corrected chi connectivity index (χ0v) is 9.73. The van der Waals surface area contributed by atoms with E-state index < -0.39 is 0 Å². The van der Waals surface area contributed by atoms with Crippen molar-refractivity contribution in [3.8, 4) is 0 Å². The van der Waals surface area contributed by atoms with Gasteiger partial charge in [-0.25, -0.2) is 0 Å². The maximum atomic E-state index is 9.83. The summed E-state index contributed by atoms with van der Waals surface area (Å²) in [5.74, 6) is 0.456. The lowest BCUT2D eigenvalue weighted by molar-refractivity contribution is 0.0695. The molecule has 0 saturated heterocycles. The van der Waals surface area contributed by atoms with Gasteiger partial charge in [-0.2, -0.15) is 0 Å². The van der Waals surface area contributed by atoms with Gasteiger partial charge in [0.05, 0.1) is 6.10 Å². The summed E-state index contributed by atoms with van der Waals surface area (Å²) in [6.07, 6.45) is 4.53. The molecule has 0 aliphatic heterocycles. The van der Waals surface area contributed by atoms with Gasteiger partial charge in [0.15, 0.2) is 0 Å². The molecule has 0 amide bonds. The van der Waals surface area contributed by atoms with Crippen molar-refractivity contribution in [2.45, 2.75) is 38.3 Å². The molecule has 88 valence electrons. The van der Waals surface area contributed by atoms with Crippen LogP contribution in [-0.2, 0) is 6.54 Å². The quantitative estimate of drug-likeness (QED) is 0.814. The first-order valence-corrected chi connectivity index (χ1v) is 6.29. The molecule has 2 heteroatoms. The highest BCUT2D eigenvalue weighted by Crippen LogP contribution is 2.23. The fraction of sp³-hybridized carbons (Fsp3) is 0.571. The van der Waals surface area contributed by atoms with Crippen molar-refractivity contribution in [1.82, 2.24) is 5.32 Å². The maximum absolute atomic E-state index is 9.83. The normalized spacial score (nSPS) is 25.6. The second-order valence-electron chi connectivity index (χ2n) is 4.73. The van der Waals surface area contributed by atoms with Crippen LogP contribution in [0.3, 0.4) is 0 Å². The molecule has 2 atom stereocenters. The van der Waals surface area contributed by atoms with Crippen molar-refractivity contribution < 1.29 is 5.11 Å². The molecule has 2 rings (SSSR count). The lowest BCUT2D eigenvalue weighted by Crippen LogP contribution is -2.33. The Morgan fingerprint density at radius 2 is 1.88 bits per heavy atom. The van der Waals surface area contributed by atoms with Crippen molar-refractivity contribution >= 4 is 0 Å². The largest absolute Gasteiger partial charge is 0.393 e. The number of hydrogen-bond donors (Lipinski definition) is 2. The van der Waals surface area contributed by atoms with E-state index in [4.69, 9.17) is 0 Å². The molecule has 1 aromatic carbocycles. The van der Waals surface area contributed by atoms with Gasteiger partial charge in [0.25, 0.3) is 0 Å². The number of aliphatic hydroxyl groups is 1. The molecule has 0 spiro atoms. The first-order valence-electron chi connectivity index (χ1n) is 6.29. The zero-order chi connectivity index (χ0) is 11.2. The molecule has 1 aliphatic rings. The number of hydrogen-bond acceptors (Lipinski definition) is 2. The zero-order valence-electron chi connectivity index (χ0n) is 9.73. The van der Waals surface area contributed by atoms with Crippen LogP contribution in [0.15, 0.2) is 30.3 Å². The average molecular weight is 219 g/mol. The van der Waals surface area contributed by atoms with Crippen LogP contribution in [0.25, 0.3) is 0 Å². The summed E-state index contributed by atoms with van der Waals surface area (Å²) in [4.78, 5) is 0. The van der Waals surface area contributed by atoms with Gasteiger partial charge >= 0.3 is 0 Å². The van der Waals surface area contributed by atoms with Crippen molar-refractivity contribution in [2.24, 2.45) is 5.92 Å². The Balaban J connectivity index is 1.71. The molecule has 1 fully saturated rings. The lowest BCUT2D eigenvalue weighted by atomic mass is 9.86. The first-order chi connectivity index (χ1) is 7.86. The summed E-state index contributed by atoms with van der Waals surface area (Å²) in [7, 11) is 0. The van der Waals surface area contributed by atoms with Crippen molar-refractivity contribution in [2.75, 3.05) is 6.54 Å². The van der Waals surface area contributed by atoms with E-state index in [0.717, 1.165) is 19.5 Å². The highest BCUT2D eigenvalue weighted by molar-refractivity contribution is 5.14. The van der Waals surface area contributed by atoms with E-state index in [9.17, 15) is 5.11 Å². The van der Waals surface area contributed by atoms with Crippen LogP contribution >= 0.6 is 0 Å². The van der Waals surface area contributed by atoms with Crippen LogP contribution in [0.5, 0.6) is 0 Å². The van der Waals surface area contributed by atoms with Gasteiger partial charge in [-0.05, 0) is 24.3 Å². The molecule has 0 bridgehead atoms. The van der Waals surface area contributed by atoms with Crippen LogP contribution < -0.4 is 5.32 Å². The molecular weight excluding hydrogens is 198 g/mol. The fourth-order valence-corrected chi connectivity index (χ4v) is 2.42. The Bertz CT molecular complexity index is 299. The Kier molecular flexibility index (Phi) is 4.37. The molecule has 2 nitrogen and oxygen atoms in total. The Hall–Kier alpha value is -0.860. The van der Waals surface area contributed by atoms with Crippen LogP contribution in [0.1, 0.15) is 31.2 Å². The van der Waals surface area contributed by atoms with Gasteiger partial charge in [0, 0.05) is 13.1 Å². The fourth-order valence-electron chi connectivity index (χ4n) is 2.42. The number of benzene rings is 1. The summed E-state index contributed by atoms with van der Waals surface area (Å²) in [6.45, 7) is 1.85. The van der Waals surface area contributed by atoms with Gasteiger partial charge < -0.3 is 10.4 Å². The second-order valence-corrected chi connectivity index (χ2v) is 4.73. The number of rotatable bonds is 4. The van der Waals surface area contributed by atoms with Gasteiger partial charge in [-0.3, -0.25) is 0 Å². The van der Waals surface area contributed by atoms with E-state index in [0.29, 0.717) is 5.92 Å². The molecule has 2 N–H and O–H groups in total. The molecule has 0 radical (unpaired) electrons. The third-order valence-corrected chi connectivity index (χ3v) is 3.45. The molecule has 1 aliphatic carbocycles. The number of nitrogens with one attached hydrogen (secondary N) is 1. The monoisotopic (exact) mass is 219 g/mol. The van der Waals surface area contributed by atoms with Crippen LogP contribution in [0, 0.1) is 5.92 Å². The summed E-state index contributed by atoms with van der Waals surface area (Å²) in [5, 5.41) is 13.3. The van der Waals surface area contributed by atoms with Gasteiger partial charge in [-0.15, -0.1) is 0 Å². The molecule has 1 aromatic rings. The minimum atomic E-state index is -0.0861. The summed E-state index contributed by atoms with van der Waals surface area (Å²) >= 11 is 0. The van der Waals surface area contributed by atoms with E-state index in [1.54, 1.807) is 0 Å². The molecule has 1 saturated carbocycles. The minimum Gasteiger partial charge on any atom is -0.393 e. The highest BCUT2D eigenvalue weighted by Gasteiger charge is 2.22. The van der Waals surface area contributed by atoms with Crippen LogP contribution in [0.2, 0.25) is 0 Å². The van der Waals surface area contributed by atoms with Gasteiger partial charge in [-0.1, -0.05) is 43.2 Å². The van der Waals surface area contributed by atoms with Crippen molar-refractivity contribution in [1.29, 1.82) is 0 Å². The van der Waals surface area contributed by atoms with E-state index in [-0.39, 0.29) is 6.10 Å². The average Bonchev–Trinajstić information content (AvgIpc) is 2.33. The third kappa shape index (κ3) is 3.32. The molecule has 0 heterocycles. The molecule has 0 unspecified atom stereocenters. The Labute approximate surface area is 97.7 Å². The van der Waals surface area contributed by atoms with Gasteiger partial charge in [0.1, 0.15) is 0 Å². The predicted molar refractivity (Wildman–Crippen MR) is 66.1 cm³/mol. The predicted octanol–water partition coefficient (Wildman–Crippen LogP) is 2.33. The minimum absolute atomic E-state index is 0.0861. The van der Waals surface area contributed by atoms with E-state index >= 15 is 0 Å². The smallest absolute Gasteiger partial charge is 0.0580 e. The summed E-state index contributed by atoms with van der Waals surface area (Å²) < 4.78 is 0. The Morgan fingerprint density at radius 1 is 1.12 bits per heavy atom. The van der Waals surface area contributed by atoms with E-state index in [1.807, 2.05) is 6.07 Å². The first kappa shape index (κ1) is 11.6. The lowest BCUT2D eigenvalue weighted by Gasteiger charge is -2.27. The molecule has 16 heavy (non-hydrogen) atoms. The van der Waals surface area contributed by atoms with Crippen molar-refractivity contribution in [3.05, 3.63) is 35.9 Å². The van der Waals surface area contributed by atoms with Crippen molar-refractivity contribution in [3.63, 3.8) is 0 Å². The Morgan fingerprint density at radius 3 is 2.62 bits per heavy atom. The van der Waals surface area contributed by atoms with Crippen LogP contribution in [-0.4, -0.2) is 17.8 Å². The van der Waals surface area contributed by atoms with Crippen LogP contribution in [0.4, 0.5) is 0 Å². The van der Waals surface area contributed by atoms with E-state index in [1.165, 1.54) is 24.8 Å². The highest BCUT2D eigenvalue weighted by atomic mass is 16.3. The SMILES string of the molecule is O[C@@H]1CCCC[C@@H]1CNCc1ccccc1. The molecular formula is C14H21NO. The maximum Gasteiger partial charge on any atom is 0.0580 e. The van der Waals surface area contributed by atoms with E-state index in [2.05, 4.69) is 29.6 Å². The topological polar surface area (TPSA) is 32.3 Å². The molecule has 0 aromatic heterocycles. The third-order valence-electron chi connectivity index (χ3n) is 3.45. The second kappa shape index (κ2) is 6.02. The summed E-state index contributed by atoms with van der Waals surface area (Å²) in [5.41, 5.74) is 1.31. The summed E-state index contributed by atoms with van der Waals surface area (Å²) in [6, 6.07) is 10.4. The van der Waals surface area contributed by atoms with Gasteiger partial charge in [0.2, 0.25) is 0 Å². The standard InChI is InChI=1S/C14H21NO/c16-14-9-5-4-8-13(14)11-15-10-12-6-2-1-3-7-12/h1-3,6-7,13-16H,4-5,8-11H2/t13-,14-/m1/s1. The number of aliphatic hydroxyl groups excluding tert-OH is 1.